The number of rotatable bonds is 1. The molecule has 0 bridgehead atoms. The van der Waals surface area contributed by atoms with Crippen molar-refractivity contribution in [3.05, 3.63) is 23.8 Å². The van der Waals surface area contributed by atoms with E-state index < -0.39 is 0 Å². The van der Waals surface area contributed by atoms with Gasteiger partial charge in [0.1, 0.15) is 0 Å². The van der Waals surface area contributed by atoms with Gasteiger partial charge in [0.05, 0.1) is 13.2 Å². The van der Waals surface area contributed by atoms with Crippen molar-refractivity contribution in [3.63, 3.8) is 0 Å². The molecule has 5 aliphatic rings. The van der Waals surface area contributed by atoms with Crippen LogP contribution in [-0.2, 0) is 9.47 Å². The van der Waals surface area contributed by atoms with Crippen LogP contribution in [0.3, 0.4) is 0 Å². The first-order chi connectivity index (χ1) is 11.7. The molecule has 0 aromatic rings. The summed E-state index contributed by atoms with van der Waals surface area (Å²) in [6.07, 6.45) is 14.2. The first kappa shape index (κ1) is 15.6. The van der Waals surface area contributed by atoms with E-state index in [4.69, 9.17) is 9.47 Å². The summed E-state index contributed by atoms with van der Waals surface area (Å²) in [5.41, 5.74) is 3.81. The van der Waals surface area contributed by atoms with Crippen LogP contribution >= 0.6 is 0 Å². The van der Waals surface area contributed by atoms with Gasteiger partial charge in [0.25, 0.3) is 0 Å². The lowest BCUT2D eigenvalue weighted by atomic mass is 9.50. The number of hydrogen-bond acceptors (Lipinski definition) is 2. The molecule has 132 valence electrons. The summed E-state index contributed by atoms with van der Waals surface area (Å²) in [6, 6.07) is 0. The Kier molecular flexibility index (Phi) is 3.55. The van der Waals surface area contributed by atoms with E-state index >= 15 is 0 Å². The Balaban J connectivity index is 1.45. The van der Waals surface area contributed by atoms with Gasteiger partial charge in [-0.15, -0.1) is 0 Å². The normalized spacial score (nSPS) is 46.4. The van der Waals surface area contributed by atoms with E-state index in [1.54, 1.807) is 11.1 Å². The van der Waals surface area contributed by atoms with Crippen molar-refractivity contribution in [3.8, 4) is 0 Å². The zero-order valence-electron chi connectivity index (χ0n) is 15.2. The van der Waals surface area contributed by atoms with Gasteiger partial charge in [0.2, 0.25) is 0 Å². The van der Waals surface area contributed by atoms with Crippen LogP contribution in [0.25, 0.3) is 0 Å². The predicted octanol–water partition coefficient (Wildman–Crippen LogP) is 5.25. The second kappa shape index (κ2) is 5.45. The van der Waals surface area contributed by atoms with Gasteiger partial charge < -0.3 is 9.47 Å². The summed E-state index contributed by atoms with van der Waals surface area (Å²) in [6.45, 7) is 8.62. The van der Waals surface area contributed by atoms with Gasteiger partial charge in [-0.3, -0.25) is 0 Å². The van der Waals surface area contributed by atoms with Crippen LogP contribution in [0.5, 0.6) is 0 Å². The molecule has 4 unspecified atom stereocenters. The summed E-state index contributed by atoms with van der Waals surface area (Å²) in [7, 11) is 0. The fourth-order valence-electron chi connectivity index (χ4n) is 7.39. The molecule has 0 N–H and O–H groups in total. The number of allylic oxidation sites excluding steroid dienone is 2. The number of fused-ring (bicyclic) bond motifs is 5. The molecule has 0 radical (unpaired) electrons. The van der Waals surface area contributed by atoms with Gasteiger partial charge >= 0.3 is 0 Å². The molecule has 1 saturated heterocycles. The molecule has 24 heavy (non-hydrogen) atoms. The molecule has 0 amide bonds. The van der Waals surface area contributed by atoms with Crippen molar-refractivity contribution >= 4 is 0 Å². The Morgan fingerprint density at radius 3 is 2.79 bits per heavy atom. The van der Waals surface area contributed by atoms with Gasteiger partial charge in [-0.2, -0.15) is 0 Å². The van der Waals surface area contributed by atoms with Gasteiger partial charge in [0.15, 0.2) is 5.79 Å². The third-order valence-corrected chi connectivity index (χ3v) is 8.39. The third-order valence-electron chi connectivity index (χ3n) is 8.39. The molecule has 1 aliphatic heterocycles. The van der Waals surface area contributed by atoms with Crippen molar-refractivity contribution in [2.45, 2.75) is 70.5 Å². The van der Waals surface area contributed by atoms with Crippen LogP contribution in [-0.4, -0.2) is 19.0 Å². The van der Waals surface area contributed by atoms with Gasteiger partial charge in [-0.25, -0.2) is 0 Å². The van der Waals surface area contributed by atoms with Gasteiger partial charge in [-0.05, 0) is 67.6 Å². The second-order valence-electron chi connectivity index (χ2n) is 9.18. The van der Waals surface area contributed by atoms with Crippen molar-refractivity contribution in [1.82, 2.24) is 0 Å². The standard InChI is InChI=1S/C22H32O2/c1-3-21-9-4-5-19(21)18-7-6-16-14-22(23-11-12-24-22)10-8-17(16)20(18)15(2)13-21/h6,17-20H,2-5,7-14H2,1H3/t17?,18?,19?,20?,21-/m0/s1. The van der Waals surface area contributed by atoms with E-state index in [9.17, 15) is 0 Å². The van der Waals surface area contributed by atoms with E-state index in [-0.39, 0.29) is 5.79 Å². The Labute approximate surface area is 146 Å². The zero-order valence-corrected chi connectivity index (χ0v) is 15.2. The van der Waals surface area contributed by atoms with Crippen LogP contribution in [0.4, 0.5) is 0 Å². The highest BCUT2D eigenvalue weighted by molar-refractivity contribution is 5.28. The van der Waals surface area contributed by atoms with E-state index in [0.717, 1.165) is 49.7 Å². The van der Waals surface area contributed by atoms with E-state index in [2.05, 4.69) is 19.6 Å². The predicted molar refractivity (Wildman–Crippen MR) is 95.5 cm³/mol. The molecular weight excluding hydrogens is 296 g/mol. The Morgan fingerprint density at radius 2 is 2.00 bits per heavy atom. The van der Waals surface area contributed by atoms with Crippen LogP contribution in [0.15, 0.2) is 23.8 Å². The summed E-state index contributed by atoms with van der Waals surface area (Å²) < 4.78 is 12.0. The topological polar surface area (TPSA) is 18.5 Å². The molecule has 0 aromatic heterocycles. The third kappa shape index (κ3) is 2.08. The number of ether oxygens (including phenoxy) is 2. The maximum absolute atomic E-state index is 6.01. The van der Waals surface area contributed by atoms with Crippen LogP contribution in [0.2, 0.25) is 0 Å². The van der Waals surface area contributed by atoms with Crippen molar-refractivity contribution in [1.29, 1.82) is 0 Å². The molecular formula is C22H32O2. The van der Waals surface area contributed by atoms with E-state index in [1.165, 1.54) is 44.9 Å². The maximum atomic E-state index is 6.01. The molecule has 1 spiro atoms. The summed E-state index contributed by atoms with van der Waals surface area (Å²) in [5, 5.41) is 0. The first-order valence-electron chi connectivity index (χ1n) is 10.3. The number of hydrogen-bond donors (Lipinski definition) is 0. The quantitative estimate of drug-likeness (QED) is 0.612. The second-order valence-corrected chi connectivity index (χ2v) is 9.18. The fraction of sp³-hybridized carbons (Fsp3) is 0.818. The Hall–Kier alpha value is -0.600. The average molecular weight is 328 g/mol. The van der Waals surface area contributed by atoms with Crippen LogP contribution in [0.1, 0.15) is 64.7 Å². The maximum Gasteiger partial charge on any atom is 0.172 e. The van der Waals surface area contributed by atoms with Gasteiger partial charge in [-0.1, -0.05) is 37.1 Å². The highest BCUT2D eigenvalue weighted by atomic mass is 16.7. The molecule has 2 heteroatoms. The lowest BCUT2D eigenvalue weighted by Gasteiger charge is -2.55. The lowest BCUT2D eigenvalue weighted by molar-refractivity contribution is -0.174. The molecule has 4 fully saturated rings. The average Bonchev–Trinajstić information content (AvgIpc) is 3.22. The summed E-state index contributed by atoms with van der Waals surface area (Å²) in [4.78, 5) is 0. The highest BCUT2D eigenvalue weighted by Crippen LogP contribution is 2.64. The van der Waals surface area contributed by atoms with Gasteiger partial charge in [0, 0.05) is 12.8 Å². The zero-order chi connectivity index (χ0) is 16.4. The summed E-state index contributed by atoms with van der Waals surface area (Å²) >= 11 is 0. The fourth-order valence-corrected chi connectivity index (χ4v) is 7.39. The molecule has 5 rings (SSSR count). The van der Waals surface area contributed by atoms with Crippen LogP contribution < -0.4 is 0 Å². The van der Waals surface area contributed by atoms with Crippen molar-refractivity contribution in [2.24, 2.45) is 29.1 Å². The minimum atomic E-state index is -0.272. The largest absolute Gasteiger partial charge is 0.347 e. The van der Waals surface area contributed by atoms with E-state index in [1.807, 2.05) is 0 Å². The monoisotopic (exact) mass is 328 g/mol. The van der Waals surface area contributed by atoms with Crippen molar-refractivity contribution < 1.29 is 9.47 Å². The Bertz CT molecular complexity index is 571. The molecule has 2 nitrogen and oxygen atoms in total. The molecule has 3 saturated carbocycles. The lowest BCUT2D eigenvalue weighted by Crippen LogP contribution is -2.48. The SMILES string of the molecule is C=C1C[C@]2(CC)CCCC2C2CC=C3CC4(CCC3C12)OCCO4. The molecule has 1 heterocycles. The summed E-state index contributed by atoms with van der Waals surface area (Å²) in [5.74, 6) is 3.01. The highest BCUT2D eigenvalue weighted by Gasteiger charge is 2.56. The van der Waals surface area contributed by atoms with Crippen molar-refractivity contribution in [2.75, 3.05) is 13.2 Å². The molecule has 0 aromatic carbocycles. The smallest absolute Gasteiger partial charge is 0.172 e. The minimum Gasteiger partial charge on any atom is -0.347 e. The first-order valence-corrected chi connectivity index (χ1v) is 10.3. The minimum absolute atomic E-state index is 0.272. The Morgan fingerprint density at radius 1 is 1.17 bits per heavy atom. The molecule has 5 atom stereocenters. The van der Waals surface area contributed by atoms with Crippen LogP contribution in [0, 0.1) is 29.1 Å². The van der Waals surface area contributed by atoms with E-state index in [0.29, 0.717) is 5.41 Å². The molecule has 4 aliphatic carbocycles.